The standard InChI is InChI=1S/C21H35N7/c1-3-18-10-5-7-15-27(18)17-14-24-21(22-4-2)23-13-9-12-20-26-25-19-11-6-8-16-28(19)20/h6,8,11,16,18H,3-5,7,9-10,12-15,17H2,1-2H3,(H2,22,23,24). The number of nitrogens with zero attached hydrogens (tertiary/aromatic N) is 5. The van der Waals surface area contributed by atoms with Crippen LogP contribution < -0.4 is 10.6 Å². The Labute approximate surface area is 168 Å². The van der Waals surface area contributed by atoms with E-state index in [0.29, 0.717) is 0 Å². The molecule has 3 heterocycles. The van der Waals surface area contributed by atoms with Gasteiger partial charge in [0.05, 0.1) is 0 Å². The van der Waals surface area contributed by atoms with Crippen molar-refractivity contribution in [3.8, 4) is 0 Å². The Kier molecular flexibility index (Phi) is 8.08. The zero-order chi connectivity index (χ0) is 19.6. The van der Waals surface area contributed by atoms with Crippen LogP contribution in [-0.2, 0) is 6.42 Å². The van der Waals surface area contributed by atoms with E-state index < -0.39 is 0 Å². The lowest BCUT2D eigenvalue weighted by atomic mass is 10.0. The Morgan fingerprint density at radius 2 is 2.14 bits per heavy atom. The molecule has 0 radical (unpaired) electrons. The second kappa shape index (κ2) is 11.0. The highest BCUT2D eigenvalue weighted by Gasteiger charge is 2.19. The molecule has 0 bridgehead atoms. The highest BCUT2D eigenvalue weighted by Crippen LogP contribution is 2.18. The molecule has 2 aromatic heterocycles. The maximum atomic E-state index is 4.73. The number of rotatable bonds is 9. The predicted octanol–water partition coefficient (Wildman–Crippen LogP) is 2.48. The van der Waals surface area contributed by atoms with Gasteiger partial charge in [0.15, 0.2) is 11.6 Å². The van der Waals surface area contributed by atoms with Crippen molar-refractivity contribution in [1.82, 2.24) is 30.1 Å². The zero-order valence-electron chi connectivity index (χ0n) is 17.4. The first kappa shape index (κ1) is 20.6. The average molecular weight is 386 g/mol. The molecule has 0 aromatic carbocycles. The SMILES string of the molecule is CCNC(=NCCCc1nnc2ccccn12)NCCN1CCCCC1CC. The molecule has 1 aliphatic rings. The Balaban J connectivity index is 1.43. The molecule has 28 heavy (non-hydrogen) atoms. The van der Waals surface area contributed by atoms with Crippen LogP contribution in [-0.4, -0.2) is 64.2 Å². The lowest BCUT2D eigenvalue weighted by Gasteiger charge is -2.35. The van der Waals surface area contributed by atoms with Gasteiger partial charge in [-0.25, -0.2) is 0 Å². The molecular formula is C21H35N7. The molecule has 0 saturated carbocycles. The van der Waals surface area contributed by atoms with Crippen molar-refractivity contribution in [3.05, 3.63) is 30.2 Å². The van der Waals surface area contributed by atoms with E-state index in [1.54, 1.807) is 0 Å². The monoisotopic (exact) mass is 385 g/mol. The number of hydrogen-bond acceptors (Lipinski definition) is 4. The summed E-state index contributed by atoms with van der Waals surface area (Å²) in [6.45, 7) is 9.34. The van der Waals surface area contributed by atoms with Crippen LogP contribution in [0.2, 0.25) is 0 Å². The van der Waals surface area contributed by atoms with E-state index in [1.165, 1.54) is 32.2 Å². The van der Waals surface area contributed by atoms with Gasteiger partial charge in [0.1, 0.15) is 5.82 Å². The lowest BCUT2D eigenvalue weighted by molar-refractivity contribution is 0.147. The summed E-state index contributed by atoms with van der Waals surface area (Å²) in [4.78, 5) is 7.37. The number of guanidine groups is 1. The second-order valence-corrected chi connectivity index (χ2v) is 7.43. The molecule has 1 fully saturated rings. The van der Waals surface area contributed by atoms with E-state index >= 15 is 0 Å². The van der Waals surface area contributed by atoms with E-state index in [1.807, 2.05) is 24.4 Å². The number of piperidine rings is 1. The number of aromatic nitrogens is 3. The van der Waals surface area contributed by atoms with Crippen LogP contribution in [0.15, 0.2) is 29.4 Å². The van der Waals surface area contributed by atoms with Gasteiger partial charge in [0, 0.05) is 44.8 Å². The molecule has 7 nitrogen and oxygen atoms in total. The van der Waals surface area contributed by atoms with Gasteiger partial charge in [0.25, 0.3) is 0 Å². The number of aryl methyl sites for hydroxylation is 1. The molecule has 3 rings (SSSR count). The summed E-state index contributed by atoms with van der Waals surface area (Å²) >= 11 is 0. The fourth-order valence-electron chi connectivity index (χ4n) is 3.97. The van der Waals surface area contributed by atoms with Crippen molar-refractivity contribution < 1.29 is 0 Å². The molecule has 1 saturated heterocycles. The van der Waals surface area contributed by atoms with Crippen LogP contribution in [0.25, 0.3) is 5.65 Å². The number of hydrogen-bond donors (Lipinski definition) is 2. The number of fused-ring (bicyclic) bond motifs is 1. The van der Waals surface area contributed by atoms with Gasteiger partial charge < -0.3 is 10.6 Å². The minimum atomic E-state index is 0.757. The van der Waals surface area contributed by atoms with Crippen molar-refractivity contribution in [3.63, 3.8) is 0 Å². The first-order valence-corrected chi connectivity index (χ1v) is 10.9. The van der Waals surface area contributed by atoms with Gasteiger partial charge >= 0.3 is 0 Å². The molecular weight excluding hydrogens is 350 g/mol. The van der Waals surface area contributed by atoms with Gasteiger partial charge in [-0.2, -0.15) is 0 Å². The second-order valence-electron chi connectivity index (χ2n) is 7.43. The summed E-state index contributed by atoms with van der Waals surface area (Å²) in [5.74, 6) is 1.91. The van der Waals surface area contributed by atoms with Gasteiger partial charge in [-0.05, 0) is 51.3 Å². The van der Waals surface area contributed by atoms with Crippen LogP contribution in [0.1, 0.15) is 51.8 Å². The molecule has 0 amide bonds. The first-order valence-electron chi connectivity index (χ1n) is 10.9. The van der Waals surface area contributed by atoms with Gasteiger partial charge in [-0.15, -0.1) is 10.2 Å². The van der Waals surface area contributed by atoms with Crippen LogP contribution in [0, 0.1) is 0 Å². The maximum absolute atomic E-state index is 4.73. The third kappa shape index (κ3) is 5.67. The lowest BCUT2D eigenvalue weighted by Crippen LogP contribution is -2.46. The van der Waals surface area contributed by atoms with E-state index in [0.717, 1.165) is 62.5 Å². The van der Waals surface area contributed by atoms with Crippen molar-refractivity contribution in [2.75, 3.05) is 32.7 Å². The summed E-state index contributed by atoms with van der Waals surface area (Å²) in [6, 6.07) is 6.73. The summed E-state index contributed by atoms with van der Waals surface area (Å²) < 4.78 is 2.05. The molecule has 0 spiro atoms. The molecule has 1 atom stereocenters. The third-order valence-electron chi connectivity index (χ3n) is 5.47. The summed E-state index contributed by atoms with van der Waals surface area (Å²) in [6.07, 6.45) is 9.17. The molecule has 0 aliphatic carbocycles. The minimum absolute atomic E-state index is 0.757. The van der Waals surface area contributed by atoms with Crippen molar-refractivity contribution >= 4 is 11.6 Å². The number of pyridine rings is 1. The van der Waals surface area contributed by atoms with Crippen LogP contribution in [0.4, 0.5) is 0 Å². The molecule has 1 aliphatic heterocycles. The summed E-state index contributed by atoms with van der Waals surface area (Å²) in [7, 11) is 0. The van der Waals surface area contributed by atoms with Crippen molar-refractivity contribution in [2.45, 2.75) is 58.4 Å². The smallest absolute Gasteiger partial charge is 0.191 e. The number of aliphatic imine (C=N–C) groups is 1. The fraction of sp³-hybridized carbons (Fsp3) is 0.667. The van der Waals surface area contributed by atoms with Gasteiger partial charge in [-0.3, -0.25) is 14.3 Å². The van der Waals surface area contributed by atoms with Crippen LogP contribution >= 0.6 is 0 Å². The quantitative estimate of drug-likeness (QED) is 0.394. The topological polar surface area (TPSA) is 69.8 Å². The molecule has 154 valence electrons. The van der Waals surface area contributed by atoms with Crippen LogP contribution in [0.3, 0.4) is 0 Å². The Morgan fingerprint density at radius 3 is 3.00 bits per heavy atom. The third-order valence-corrected chi connectivity index (χ3v) is 5.47. The largest absolute Gasteiger partial charge is 0.357 e. The number of nitrogens with one attached hydrogen (secondary N) is 2. The fourth-order valence-corrected chi connectivity index (χ4v) is 3.97. The van der Waals surface area contributed by atoms with E-state index in [9.17, 15) is 0 Å². The van der Waals surface area contributed by atoms with E-state index in [2.05, 4.69) is 44.0 Å². The summed E-state index contributed by atoms with van der Waals surface area (Å²) in [5, 5.41) is 15.4. The normalized spacial score (nSPS) is 18.5. The molecule has 7 heteroatoms. The zero-order valence-corrected chi connectivity index (χ0v) is 17.4. The minimum Gasteiger partial charge on any atom is -0.357 e. The van der Waals surface area contributed by atoms with E-state index in [4.69, 9.17) is 4.99 Å². The summed E-state index contributed by atoms with van der Waals surface area (Å²) in [5.41, 5.74) is 0.902. The van der Waals surface area contributed by atoms with Crippen molar-refractivity contribution in [2.24, 2.45) is 4.99 Å². The highest BCUT2D eigenvalue weighted by molar-refractivity contribution is 5.79. The highest BCUT2D eigenvalue weighted by atomic mass is 15.2. The Bertz CT molecular complexity index is 739. The van der Waals surface area contributed by atoms with Gasteiger partial charge in [-0.1, -0.05) is 19.4 Å². The Morgan fingerprint density at radius 1 is 1.21 bits per heavy atom. The van der Waals surface area contributed by atoms with Crippen molar-refractivity contribution in [1.29, 1.82) is 0 Å². The predicted molar refractivity (Wildman–Crippen MR) is 115 cm³/mol. The average Bonchev–Trinajstić information content (AvgIpc) is 3.14. The van der Waals surface area contributed by atoms with Gasteiger partial charge in [0.2, 0.25) is 0 Å². The number of likely N-dealkylation sites (tertiary alicyclic amines) is 1. The van der Waals surface area contributed by atoms with E-state index in [-0.39, 0.29) is 0 Å². The Hall–Kier alpha value is -2.15. The maximum Gasteiger partial charge on any atom is 0.191 e. The first-order chi connectivity index (χ1) is 13.8. The molecule has 1 unspecified atom stereocenters. The molecule has 2 aromatic rings. The van der Waals surface area contributed by atoms with Crippen LogP contribution in [0.5, 0.6) is 0 Å². The molecule has 2 N–H and O–H groups in total.